The summed E-state index contributed by atoms with van der Waals surface area (Å²) in [5.41, 5.74) is 2.09. The molecular formula is C22H28N2O2. The van der Waals surface area contributed by atoms with Gasteiger partial charge in [0.15, 0.2) is 0 Å². The lowest BCUT2D eigenvalue weighted by Gasteiger charge is -2.46. The summed E-state index contributed by atoms with van der Waals surface area (Å²) in [7, 11) is 0. The SMILES string of the molecule is CC(C)(C)OC(=O)N1CC(N(CCc2ccccc2)c2ccccc2)C1. The van der Waals surface area contributed by atoms with Gasteiger partial charge in [-0.2, -0.15) is 0 Å². The molecule has 0 aliphatic carbocycles. The average Bonchev–Trinajstić information content (AvgIpc) is 2.56. The van der Waals surface area contributed by atoms with Gasteiger partial charge >= 0.3 is 6.09 Å². The van der Waals surface area contributed by atoms with Crippen molar-refractivity contribution in [3.8, 4) is 0 Å². The van der Waals surface area contributed by atoms with Gasteiger partial charge in [0.05, 0.1) is 6.04 Å². The second-order valence-corrected chi connectivity index (χ2v) is 7.80. The van der Waals surface area contributed by atoms with Crippen LogP contribution in [0.1, 0.15) is 26.3 Å². The molecular weight excluding hydrogens is 324 g/mol. The van der Waals surface area contributed by atoms with E-state index in [4.69, 9.17) is 4.74 Å². The van der Waals surface area contributed by atoms with Crippen LogP contribution in [0.15, 0.2) is 60.7 Å². The van der Waals surface area contributed by atoms with Crippen LogP contribution < -0.4 is 4.90 Å². The second kappa shape index (κ2) is 7.81. The summed E-state index contributed by atoms with van der Waals surface area (Å²) in [5.74, 6) is 0. The highest BCUT2D eigenvalue weighted by molar-refractivity contribution is 5.70. The Morgan fingerprint density at radius 2 is 1.62 bits per heavy atom. The molecule has 0 saturated carbocycles. The second-order valence-electron chi connectivity index (χ2n) is 7.80. The summed E-state index contributed by atoms with van der Waals surface area (Å²) < 4.78 is 5.47. The summed E-state index contributed by atoms with van der Waals surface area (Å²) in [6.45, 7) is 8.05. The van der Waals surface area contributed by atoms with Crippen LogP contribution in [0.25, 0.3) is 0 Å². The fraction of sp³-hybridized carbons (Fsp3) is 0.409. The van der Waals surface area contributed by atoms with Gasteiger partial charge in [-0.15, -0.1) is 0 Å². The molecule has 1 saturated heterocycles. The fourth-order valence-electron chi connectivity index (χ4n) is 3.16. The third-order valence-electron chi connectivity index (χ3n) is 4.53. The third kappa shape index (κ3) is 4.78. The minimum atomic E-state index is -0.450. The van der Waals surface area contributed by atoms with E-state index in [-0.39, 0.29) is 6.09 Å². The molecule has 3 rings (SSSR count). The van der Waals surface area contributed by atoms with Gasteiger partial charge in [0, 0.05) is 25.3 Å². The predicted molar refractivity (Wildman–Crippen MR) is 106 cm³/mol. The maximum atomic E-state index is 12.2. The summed E-state index contributed by atoms with van der Waals surface area (Å²) in [4.78, 5) is 16.4. The van der Waals surface area contributed by atoms with Crippen LogP contribution in [0.4, 0.5) is 10.5 Å². The molecule has 2 aromatic carbocycles. The molecule has 0 bridgehead atoms. The number of nitrogens with zero attached hydrogens (tertiary/aromatic N) is 2. The first-order valence-corrected chi connectivity index (χ1v) is 9.26. The predicted octanol–water partition coefficient (Wildman–Crippen LogP) is 4.36. The van der Waals surface area contributed by atoms with E-state index < -0.39 is 5.60 Å². The van der Waals surface area contributed by atoms with Gasteiger partial charge in [-0.25, -0.2) is 4.79 Å². The van der Waals surface area contributed by atoms with Crippen molar-refractivity contribution < 1.29 is 9.53 Å². The summed E-state index contributed by atoms with van der Waals surface area (Å²) in [6, 6.07) is 21.3. The number of para-hydroxylation sites is 1. The molecule has 1 heterocycles. The van der Waals surface area contributed by atoms with E-state index in [0.29, 0.717) is 19.1 Å². The Morgan fingerprint density at radius 3 is 2.19 bits per heavy atom. The molecule has 4 heteroatoms. The van der Waals surface area contributed by atoms with Gasteiger partial charge in [-0.3, -0.25) is 0 Å². The maximum Gasteiger partial charge on any atom is 0.410 e. The number of carbonyl (C=O) groups is 1. The Hall–Kier alpha value is -2.49. The average molecular weight is 352 g/mol. The Bertz CT molecular complexity index is 704. The van der Waals surface area contributed by atoms with Gasteiger partial charge < -0.3 is 14.5 Å². The molecule has 2 aromatic rings. The number of hydrogen-bond acceptors (Lipinski definition) is 3. The van der Waals surface area contributed by atoms with Gasteiger partial charge in [0.2, 0.25) is 0 Å². The standard InChI is InChI=1S/C22H28N2O2/c1-22(2,3)26-21(25)23-16-20(17-23)24(19-12-8-5-9-13-19)15-14-18-10-6-4-7-11-18/h4-13,20H,14-17H2,1-3H3. The van der Waals surface area contributed by atoms with E-state index in [2.05, 4.69) is 53.4 Å². The van der Waals surface area contributed by atoms with Crippen LogP contribution in [-0.4, -0.2) is 42.3 Å². The molecule has 138 valence electrons. The van der Waals surface area contributed by atoms with Crippen molar-refractivity contribution in [3.63, 3.8) is 0 Å². The van der Waals surface area contributed by atoms with Crippen LogP contribution in [0.2, 0.25) is 0 Å². The van der Waals surface area contributed by atoms with Crippen LogP contribution in [0.3, 0.4) is 0 Å². The molecule has 0 aromatic heterocycles. The topological polar surface area (TPSA) is 32.8 Å². The van der Waals surface area contributed by atoms with Crippen LogP contribution in [0.5, 0.6) is 0 Å². The van der Waals surface area contributed by atoms with Crippen LogP contribution in [0, 0.1) is 0 Å². The number of amides is 1. The minimum Gasteiger partial charge on any atom is -0.444 e. The van der Waals surface area contributed by atoms with Crippen molar-refractivity contribution in [2.24, 2.45) is 0 Å². The van der Waals surface area contributed by atoms with Gasteiger partial charge in [-0.05, 0) is 44.9 Å². The molecule has 4 nitrogen and oxygen atoms in total. The molecule has 0 N–H and O–H groups in total. The lowest BCUT2D eigenvalue weighted by molar-refractivity contribution is 0.00812. The lowest BCUT2D eigenvalue weighted by Crippen LogP contribution is -2.62. The number of benzene rings is 2. The molecule has 0 unspecified atom stereocenters. The zero-order valence-corrected chi connectivity index (χ0v) is 15.9. The summed E-state index contributed by atoms with van der Waals surface area (Å²) >= 11 is 0. The first-order chi connectivity index (χ1) is 12.4. The highest BCUT2D eigenvalue weighted by Gasteiger charge is 2.37. The smallest absolute Gasteiger partial charge is 0.410 e. The normalized spacial score (nSPS) is 14.7. The number of likely N-dealkylation sites (tertiary alicyclic amines) is 1. The highest BCUT2D eigenvalue weighted by atomic mass is 16.6. The molecule has 0 atom stereocenters. The van der Waals surface area contributed by atoms with Gasteiger partial charge in [0.25, 0.3) is 0 Å². The summed E-state index contributed by atoms with van der Waals surface area (Å²) in [5, 5.41) is 0. The van der Waals surface area contributed by atoms with Crippen molar-refractivity contribution in [2.45, 2.75) is 38.8 Å². The molecule has 0 radical (unpaired) electrons. The van der Waals surface area contributed by atoms with E-state index in [1.807, 2.05) is 32.9 Å². The zero-order valence-electron chi connectivity index (χ0n) is 15.9. The molecule has 1 amide bonds. The van der Waals surface area contributed by atoms with Crippen molar-refractivity contribution in [2.75, 3.05) is 24.5 Å². The highest BCUT2D eigenvalue weighted by Crippen LogP contribution is 2.24. The molecule has 1 aliphatic heterocycles. The maximum absolute atomic E-state index is 12.2. The Balaban J connectivity index is 1.63. The number of rotatable bonds is 5. The Morgan fingerprint density at radius 1 is 1.04 bits per heavy atom. The fourth-order valence-corrected chi connectivity index (χ4v) is 3.16. The quantitative estimate of drug-likeness (QED) is 0.802. The molecule has 1 fully saturated rings. The first-order valence-electron chi connectivity index (χ1n) is 9.26. The van der Waals surface area contributed by atoms with E-state index in [1.165, 1.54) is 11.3 Å². The minimum absolute atomic E-state index is 0.218. The number of ether oxygens (including phenoxy) is 1. The molecule has 26 heavy (non-hydrogen) atoms. The van der Waals surface area contributed by atoms with E-state index in [9.17, 15) is 4.79 Å². The van der Waals surface area contributed by atoms with Gasteiger partial charge in [0.1, 0.15) is 5.60 Å². The van der Waals surface area contributed by atoms with Crippen molar-refractivity contribution in [3.05, 3.63) is 66.2 Å². The molecule has 0 spiro atoms. The van der Waals surface area contributed by atoms with E-state index >= 15 is 0 Å². The van der Waals surface area contributed by atoms with Crippen molar-refractivity contribution in [1.29, 1.82) is 0 Å². The van der Waals surface area contributed by atoms with E-state index in [0.717, 1.165) is 13.0 Å². The molecule has 1 aliphatic rings. The van der Waals surface area contributed by atoms with Gasteiger partial charge in [-0.1, -0.05) is 48.5 Å². The largest absolute Gasteiger partial charge is 0.444 e. The Labute approximate surface area is 156 Å². The number of carbonyl (C=O) groups excluding carboxylic acids is 1. The van der Waals surface area contributed by atoms with Crippen LogP contribution >= 0.6 is 0 Å². The van der Waals surface area contributed by atoms with Crippen molar-refractivity contribution >= 4 is 11.8 Å². The Kier molecular flexibility index (Phi) is 5.50. The number of hydrogen-bond donors (Lipinski definition) is 0. The first kappa shape index (κ1) is 18.3. The number of anilines is 1. The monoisotopic (exact) mass is 352 g/mol. The van der Waals surface area contributed by atoms with E-state index in [1.54, 1.807) is 4.90 Å². The lowest BCUT2D eigenvalue weighted by atomic mass is 10.0. The van der Waals surface area contributed by atoms with Crippen LogP contribution in [-0.2, 0) is 11.2 Å². The van der Waals surface area contributed by atoms with Crippen molar-refractivity contribution in [1.82, 2.24) is 4.90 Å². The zero-order chi connectivity index (χ0) is 18.6. The summed E-state index contributed by atoms with van der Waals surface area (Å²) in [6.07, 6.45) is 0.767. The third-order valence-corrected chi connectivity index (χ3v) is 4.53.